The minimum Gasteiger partial charge on any atom is -0.472 e. The van der Waals surface area contributed by atoms with Crippen molar-refractivity contribution in [3.05, 3.63) is 59.3 Å². The highest BCUT2D eigenvalue weighted by atomic mass is 16.5. The minimum absolute atomic E-state index is 0.0253. The van der Waals surface area contributed by atoms with Gasteiger partial charge < -0.3 is 24.4 Å². The molecule has 2 heterocycles. The van der Waals surface area contributed by atoms with Crippen LogP contribution in [-0.4, -0.2) is 84.3 Å². The third-order valence-corrected chi connectivity index (χ3v) is 6.05. The largest absolute Gasteiger partial charge is 0.472 e. The van der Waals surface area contributed by atoms with E-state index in [9.17, 15) is 14.7 Å². The van der Waals surface area contributed by atoms with Gasteiger partial charge in [0.05, 0.1) is 25.6 Å². The molecule has 0 bridgehead atoms. The number of amides is 2. The smallest absolute Gasteiger partial charge is 0.259 e. The van der Waals surface area contributed by atoms with Crippen LogP contribution < -0.4 is 4.74 Å². The SMILES string of the molecule is COCC#Cc1cnc2c(c1)C(=O)N([C@H](C)CO)C[C@H](C)[C@H](CN(C)C(=O)Cc1ccccc1)O2. The van der Waals surface area contributed by atoms with Gasteiger partial charge in [-0.1, -0.05) is 49.1 Å². The Kier molecular flexibility index (Phi) is 9.24. The lowest BCUT2D eigenvalue weighted by molar-refractivity contribution is -0.130. The van der Waals surface area contributed by atoms with Gasteiger partial charge in [-0.2, -0.15) is 0 Å². The summed E-state index contributed by atoms with van der Waals surface area (Å²) in [5.74, 6) is 5.58. The van der Waals surface area contributed by atoms with Crippen LogP contribution in [0, 0.1) is 17.8 Å². The van der Waals surface area contributed by atoms with Crippen molar-refractivity contribution in [1.29, 1.82) is 0 Å². The molecule has 2 amide bonds. The maximum atomic E-state index is 13.4. The third kappa shape index (κ3) is 6.81. The van der Waals surface area contributed by atoms with Crippen LogP contribution >= 0.6 is 0 Å². The topological polar surface area (TPSA) is 92.2 Å². The number of aliphatic hydroxyl groups excluding tert-OH is 1. The highest BCUT2D eigenvalue weighted by molar-refractivity contribution is 5.97. The second kappa shape index (κ2) is 12.3. The number of pyridine rings is 1. The van der Waals surface area contributed by atoms with Crippen molar-refractivity contribution in [1.82, 2.24) is 14.8 Å². The van der Waals surface area contributed by atoms with Crippen molar-refractivity contribution in [3.8, 4) is 17.7 Å². The quantitative estimate of drug-likeness (QED) is 0.611. The summed E-state index contributed by atoms with van der Waals surface area (Å²) in [5.41, 5.74) is 1.79. The lowest BCUT2D eigenvalue weighted by atomic mass is 9.99. The zero-order valence-electron chi connectivity index (χ0n) is 20.7. The Labute approximate surface area is 206 Å². The number of fused-ring (bicyclic) bond motifs is 1. The molecule has 1 aromatic heterocycles. The molecule has 0 saturated carbocycles. The molecule has 0 spiro atoms. The summed E-state index contributed by atoms with van der Waals surface area (Å²) < 4.78 is 11.2. The van der Waals surface area contributed by atoms with Crippen LogP contribution in [0.1, 0.15) is 35.3 Å². The Morgan fingerprint density at radius 1 is 1.37 bits per heavy atom. The number of likely N-dealkylation sites (N-methyl/N-ethyl adjacent to an activating group) is 1. The summed E-state index contributed by atoms with van der Waals surface area (Å²) in [6, 6.07) is 10.8. The summed E-state index contributed by atoms with van der Waals surface area (Å²) in [4.78, 5) is 34.0. The second-order valence-electron chi connectivity index (χ2n) is 8.87. The van der Waals surface area contributed by atoms with Gasteiger partial charge in [0.15, 0.2) is 0 Å². The fraction of sp³-hybridized carbons (Fsp3) is 0.444. The number of carbonyl (C=O) groups excluding carboxylic acids is 2. The van der Waals surface area contributed by atoms with E-state index >= 15 is 0 Å². The number of benzene rings is 1. The molecule has 1 aromatic carbocycles. The number of hydrogen-bond acceptors (Lipinski definition) is 6. The fourth-order valence-corrected chi connectivity index (χ4v) is 3.88. The van der Waals surface area contributed by atoms with E-state index in [1.54, 1.807) is 43.1 Å². The molecule has 186 valence electrons. The zero-order chi connectivity index (χ0) is 25.4. The lowest BCUT2D eigenvalue weighted by Crippen LogP contribution is -2.50. The lowest BCUT2D eigenvalue weighted by Gasteiger charge is -2.37. The van der Waals surface area contributed by atoms with E-state index in [0.717, 1.165) is 5.56 Å². The van der Waals surface area contributed by atoms with Gasteiger partial charge in [-0.25, -0.2) is 4.98 Å². The van der Waals surface area contributed by atoms with Gasteiger partial charge >= 0.3 is 0 Å². The second-order valence-corrected chi connectivity index (χ2v) is 8.87. The highest BCUT2D eigenvalue weighted by Gasteiger charge is 2.34. The van der Waals surface area contributed by atoms with Gasteiger partial charge in [-0.3, -0.25) is 9.59 Å². The summed E-state index contributed by atoms with van der Waals surface area (Å²) >= 11 is 0. The molecule has 0 saturated heterocycles. The molecule has 1 aliphatic heterocycles. The maximum Gasteiger partial charge on any atom is 0.259 e. The van der Waals surface area contributed by atoms with E-state index in [1.165, 1.54) is 0 Å². The Morgan fingerprint density at radius 2 is 2.11 bits per heavy atom. The first-order chi connectivity index (χ1) is 16.8. The number of carbonyl (C=O) groups is 2. The van der Waals surface area contributed by atoms with Crippen LogP contribution in [-0.2, 0) is 16.0 Å². The van der Waals surface area contributed by atoms with Crippen LogP contribution in [0.15, 0.2) is 42.6 Å². The first-order valence-electron chi connectivity index (χ1n) is 11.7. The summed E-state index contributed by atoms with van der Waals surface area (Å²) in [7, 11) is 3.31. The maximum absolute atomic E-state index is 13.4. The van der Waals surface area contributed by atoms with Crippen molar-refractivity contribution in [2.45, 2.75) is 32.4 Å². The van der Waals surface area contributed by atoms with E-state index in [4.69, 9.17) is 9.47 Å². The molecular formula is C27H33N3O5. The average Bonchev–Trinajstić information content (AvgIpc) is 2.86. The van der Waals surface area contributed by atoms with Gasteiger partial charge in [-0.05, 0) is 18.6 Å². The number of hydrogen-bond donors (Lipinski definition) is 1. The van der Waals surface area contributed by atoms with Gasteiger partial charge in [0.1, 0.15) is 18.3 Å². The normalized spacial score (nSPS) is 18.3. The molecule has 3 rings (SSSR count). The van der Waals surface area contributed by atoms with E-state index < -0.39 is 12.1 Å². The molecule has 3 atom stereocenters. The van der Waals surface area contributed by atoms with Crippen LogP contribution in [0.2, 0.25) is 0 Å². The monoisotopic (exact) mass is 479 g/mol. The number of methoxy groups -OCH3 is 1. The predicted molar refractivity (Wildman–Crippen MR) is 132 cm³/mol. The molecule has 8 nitrogen and oxygen atoms in total. The molecule has 1 aliphatic rings. The van der Waals surface area contributed by atoms with Crippen LogP contribution in [0.3, 0.4) is 0 Å². The highest BCUT2D eigenvalue weighted by Crippen LogP contribution is 2.27. The average molecular weight is 480 g/mol. The van der Waals surface area contributed by atoms with Crippen molar-refractivity contribution >= 4 is 11.8 Å². The summed E-state index contributed by atoms with van der Waals surface area (Å²) in [5, 5.41) is 9.79. The van der Waals surface area contributed by atoms with Crippen molar-refractivity contribution in [2.24, 2.45) is 5.92 Å². The van der Waals surface area contributed by atoms with E-state index in [1.807, 2.05) is 37.3 Å². The minimum atomic E-state index is -0.405. The fourth-order valence-electron chi connectivity index (χ4n) is 3.88. The molecule has 0 unspecified atom stereocenters. The first kappa shape index (κ1) is 26.2. The van der Waals surface area contributed by atoms with E-state index in [2.05, 4.69) is 16.8 Å². The number of nitrogens with zero attached hydrogens (tertiary/aromatic N) is 3. The molecule has 35 heavy (non-hydrogen) atoms. The standard InChI is InChI=1S/C27H33N3O5/c1-19-16-30(20(2)18-31)27(33)23-13-22(11-8-12-34-4)15-28-26(23)35-24(19)17-29(3)25(32)14-21-9-6-5-7-10-21/h5-7,9-10,13,15,19-20,24,31H,12,14,16-18H2,1-4H3/t19-,20+,24-/m0/s1. The Balaban J connectivity index is 1.87. The Morgan fingerprint density at radius 3 is 2.80 bits per heavy atom. The summed E-state index contributed by atoms with van der Waals surface area (Å²) in [6.45, 7) is 4.56. The molecule has 0 fully saturated rings. The van der Waals surface area contributed by atoms with Gasteiger partial charge in [0, 0.05) is 38.4 Å². The van der Waals surface area contributed by atoms with Crippen LogP contribution in [0.25, 0.3) is 0 Å². The first-order valence-corrected chi connectivity index (χ1v) is 11.7. The van der Waals surface area contributed by atoms with Crippen LogP contribution in [0.5, 0.6) is 5.88 Å². The third-order valence-electron chi connectivity index (χ3n) is 6.05. The van der Waals surface area contributed by atoms with Gasteiger partial charge in [0.25, 0.3) is 5.91 Å². The molecule has 0 radical (unpaired) electrons. The van der Waals surface area contributed by atoms with Gasteiger partial charge in [0.2, 0.25) is 11.8 Å². The van der Waals surface area contributed by atoms with E-state index in [-0.39, 0.29) is 42.4 Å². The van der Waals surface area contributed by atoms with Gasteiger partial charge in [-0.15, -0.1) is 0 Å². The molecule has 0 aliphatic carbocycles. The predicted octanol–water partition coefficient (Wildman–Crippen LogP) is 2.00. The van der Waals surface area contributed by atoms with Crippen molar-refractivity contribution in [3.63, 3.8) is 0 Å². The number of aliphatic hydroxyl groups is 1. The molecule has 2 aromatic rings. The molecular weight excluding hydrogens is 446 g/mol. The number of aromatic nitrogens is 1. The summed E-state index contributed by atoms with van der Waals surface area (Å²) in [6.07, 6.45) is 1.45. The van der Waals surface area contributed by atoms with Crippen molar-refractivity contribution < 1.29 is 24.2 Å². The van der Waals surface area contributed by atoms with Crippen LogP contribution in [0.4, 0.5) is 0 Å². The molecule has 1 N–H and O–H groups in total. The zero-order valence-corrected chi connectivity index (χ0v) is 20.7. The Bertz CT molecular complexity index is 1080. The molecule has 8 heteroatoms. The number of ether oxygens (including phenoxy) is 2. The Hall–Kier alpha value is -3.41. The van der Waals surface area contributed by atoms with Crippen molar-refractivity contribution in [2.75, 3.05) is 40.5 Å². The van der Waals surface area contributed by atoms with E-state index in [0.29, 0.717) is 25.1 Å². The number of rotatable bonds is 7.